The van der Waals surface area contributed by atoms with Crippen molar-refractivity contribution in [2.24, 2.45) is 0 Å². The van der Waals surface area contributed by atoms with Crippen molar-refractivity contribution < 1.29 is 14.3 Å². The van der Waals surface area contributed by atoms with Crippen LogP contribution in [0.4, 0.5) is 0 Å². The van der Waals surface area contributed by atoms with Gasteiger partial charge < -0.3 is 14.4 Å². The summed E-state index contributed by atoms with van der Waals surface area (Å²) in [5, 5.41) is 0. The number of rotatable bonds is 7. The van der Waals surface area contributed by atoms with E-state index in [1.807, 2.05) is 23.2 Å². The van der Waals surface area contributed by atoms with Crippen LogP contribution in [0.5, 0.6) is 0 Å². The summed E-state index contributed by atoms with van der Waals surface area (Å²) in [5.74, 6) is 0.0665. The van der Waals surface area contributed by atoms with Crippen LogP contribution in [0.25, 0.3) is 0 Å². The zero-order chi connectivity index (χ0) is 15.4. The van der Waals surface area contributed by atoms with Gasteiger partial charge in [-0.15, -0.1) is 0 Å². The minimum Gasteiger partial charge on any atom is -0.376 e. The van der Waals surface area contributed by atoms with Crippen molar-refractivity contribution in [3.8, 4) is 0 Å². The Bertz CT molecular complexity index is 484. The lowest BCUT2D eigenvalue weighted by Crippen LogP contribution is -2.38. The van der Waals surface area contributed by atoms with E-state index >= 15 is 0 Å². The van der Waals surface area contributed by atoms with Crippen LogP contribution in [0, 0.1) is 0 Å². The minimum absolute atomic E-state index is 0.0417. The lowest BCUT2D eigenvalue weighted by atomic mass is 10.1. The van der Waals surface area contributed by atoms with E-state index in [0.717, 1.165) is 37.9 Å². The highest BCUT2D eigenvalue weighted by Crippen LogP contribution is 2.34. The van der Waals surface area contributed by atoms with Crippen LogP contribution in [0.1, 0.15) is 44.2 Å². The Morgan fingerprint density at radius 1 is 1.50 bits per heavy atom. The van der Waals surface area contributed by atoms with Crippen molar-refractivity contribution >= 4 is 5.91 Å². The second-order valence-electron chi connectivity index (χ2n) is 6.14. The molecule has 1 aliphatic heterocycles. The Hall–Kier alpha value is -1.46. The molecule has 2 atom stereocenters. The SMILES string of the molecule is C[C@@H](c1cccnc1)N(C(=O)COC[C@H]1CCCO1)C1CC1. The van der Waals surface area contributed by atoms with Crippen molar-refractivity contribution in [2.75, 3.05) is 19.8 Å². The topological polar surface area (TPSA) is 51.7 Å². The van der Waals surface area contributed by atoms with Crippen LogP contribution in [0.3, 0.4) is 0 Å². The first-order chi connectivity index (χ1) is 10.8. The molecule has 22 heavy (non-hydrogen) atoms. The molecule has 0 aromatic carbocycles. The lowest BCUT2D eigenvalue weighted by molar-refractivity contribution is -0.140. The monoisotopic (exact) mass is 304 g/mol. The molecule has 0 unspecified atom stereocenters. The number of nitrogens with zero attached hydrogens (tertiary/aromatic N) is 2. The Balaban J connectivity index is 1.55. The molecule has 1 saturated heterocycles. The predicted octanol–water partition coefficient (Wildman–Crippen LogP) is 2.33. The Morgan fingerprint density at radius 3 is 3.00 bits per heavy atom. The number of hydrogen-bond acceptors (Lipinski definition) is 4. The summed E-state index contributed by atoms with van der Waals surface area (Å²) in [6, 6.07) is 4.33. The number of aromatic nitrogens is 1. The maximum Gasteiger partial charge on any atom is 0.249 e. The zero-order valence-electron chi connectivity index (χ0n) is 13.1. The maximum atomic E-state index is 12.6. The van der Waals surface area contributed by atoms with Crippen molar-refractivity contribution in [1.29, 1.82) is 0 Å². The molecule has 120 valence electrons. The number of hydrogen-bond donors (Lipinski definition) is 0. The second-order valence-corrected chi connectivity index (χ2v) is 6.14. The molecule has 2 heterocycles. The molecule has 0 spiro atoms. The quantitative estimate of drug-likeness (QED) is 0.776. The minimum atomic E-state index is 0.0417. The van der Waals surface area contributed by atoms with E-state index in [0.29, 0.717) is 12.6 Å². The molecule has 5 nitrogen and oxygen atoms in total. The van der Waals surface area contributed by atoms with Gasteiger partial charge in [-0.1, -0.05) is 6.07 Å². The second kappa shape index (κ2) is 7.20. The zero-order valence-corrected chi connectivity index (χ0v) is 13.1. The van der Waals surface area contributed by atoms with Gasteiger partial charge in [-0.25, -0.2) is 0 Å². The van der Waals surface area contributed by atoms with Gasteiger partial charge in [0.05, 0.1) is 18.8 Å². The first-order valence-corrected chi connectivity index (χ1v) is 8.16. The van der Waals surface area contributed by atoms with Gasteiger partial charge in [-0.2, -0.15) is 0 Å². The van der Waals surface area contributed by atoms with Gasteiger partial charge in [0.1, 0.15) is 6.61 Å². The molecule has 3 rings (SSSR count). The summed E-state index contributed by atoms with van der Waals surface area (Å²) in [6.45, 7) is 3.54. The summed E-state index contributed by atoms with van der Waals surface area (Å²) in [7, 11) is 0. The normalized spacial score (nSPS) is 22.5. The number of amides is 1. The molecule has 2 fully saturated rings. The molecule has 2 aliphatic rings. The molecule has 1 amide bonds. The fourth-order valence-corrected chi connectivity index (χ4v) is 3.00. The molecule has 1 aliphatic carbocycles. The van der Waals surface area contributed by atoms with Gasteiger partial charge in [0.2, 0.25) is 5.91 Å². The summed E-state index contributed by atoms with van der Waals surface area (Å²) in [5.41, 5.74) is 1.07. The van der Waals surface area contributed by atoms with Crippen LogP contribution >= 0.6 is 0 Å². The number of carbonyl (C=O) groups excluding carboxylic acids is 1. The van der Waals surface area contributed by atoms with Crippen LogP contribution in [0.15, 0.2) is 24.5 Å². The van der Waals surface area contributed by atoms with Crippen molar-refractivity contribution in [1.82, 2.24) is 9.88 Å². The number of carbonyl (C=O) groups is 1. The molecule has 0 bridgehead atoms. The van der Waals surface area contributed by atoms with Crippen LogP contribution in [-0.4, -0.2) is 47.8 Å². The number of ether oxygens (including phenoxy) is 2. The molecule has 1 saturated carbocycles. The van der Waals surface area contributed by atoms with Crippen LogP contribution in [-0.2, 0) is 14.3 Å². The molecule has 5 heteroatoms. The number of pyridine rings is 1. The first kappa shape index (κ1) is 15.4. The summed E-state index contributed by atoms with van der Waals surface area (Å²) in [6.07, 6.45) is 8.05. The fourth-order valence-electron chi connectivity index (χ4n) is 3.00. The van der Waals surface area contributed by atoms with E-state index in [1.165, 1.54) is 0 Å². The van der Waals surface area contributed by atoms with Crippen molar-refractivity contribution in [3.05, 3.63) is 30.1 Å². The average Bonchev–Trinajstić information content (AvgIpc) is 3.23. The molecular weight excluding hydrogens is 280 g/mol. The van der Waals surface area contributed by atoms with Crippen LogP contribution < -0.4 is 0 Å². The molecule has 0 N–H and O–H groups in total. The summed E-state index contributed by atoms with van der Waals surface area (Å²) < 4.78 is 11.1. The van der Waals surface area contributed by atoms with E-state index in [9.17, 15) is 4.79 Å². The summed E-state index contributed by atoms with van der Waals surface area (Å²) in [4.78, 5) is 18.7. The molecule has 0 radical (unpaired) electrons. The maximum absolute atomic E-state index is 12.6. The van der Waals surface area contributed by atoms with Crippen molar-refractivity contribution in [2.45, 2.75) is 50.8 Å². The molecule has 1 aromatic heterocycles. The third-order valence-electron chi connectivity index (χ3n) is 4.37. The largest absolute Gasteiger partial charge is 0.376 e. The smallest absolute Gasteiger partial charge is 0.249 e. The van der Waals surface area contributed by atoms with Gasteiger partial charge in [0.15, 0.2) is 0 Å². The Morgan fingerprint density at radius 2 is 2.36 bits per heavy atom. The standard InChI is InChI=1S/C17H24N2O3/c1-13(14-4-2-8-18-10-14)19(15-6-7-15)17(20)12-21-11-16-5-3-9-22-16/h2,4,8,10,13,15-16H,3,5-7,9,11-12H2,1H3/t13-,16+/m0/s1. The van der Waals surface area contributed by atoms with E-state index in [4.69, 9.17) is 9.47 Å². The third-order valence-corrected chi connectivity index (χ3v) is 4.37. The first-order valence-electron chi connectivity index (χ1n) is 8.16. The van der Waals surface area contributed by atoms with E-state index in [1.54, 1.807) is 6.20 Å². The lowest BCUT2D eigenvalue weighted by Gasteiger charge is -2.29. The Kier molecular flexibility index (Phi) is 5.05. The van der Waals surface area contributed by atoms with Gasteiger partial charge in [-0.3, -0.25) is 9.78 Å². The van der Waals surface area contributed by atoms with E-state index in [2.05, 4.69) is 11.9 Å². The predicted molar refractivity (Wildman–Crippen MR) is 82.3 cm³/mol. The van der Waals surface area contributed by atoms with Crippen LogP contribution in [0.2, 0.25) is 0 Å². The molecule has 1 aromatic rings. The third kappa shape index (κ3) is 3.84. The van der Waals surface area contributed by atoms with Gasteiger partial charge in [0.25, 0.3) is 0 Å². The summed E-state index contributed by atoms with van der Waals surface area (Å²) >= 11 is 0. The van der Waals surface area contributed by atoms with Gasteiger partial charge >= 0.3 is 0 Å². The van der Waals surface area contributed by atoms with E-state index < -0.39 is 0 Å². The van der Waals surface area contributed by atoms with Crippen molar-refractivity contribution in [3.63, 3.8) is 0 Å². The van der Waals surface area contributed by atoms with Gasteiger partial charge in [0, 0.05) is 25.0 Å². The van der Waals surface area contributed by atoms with E-state index in [-0.39, 0.29) is 24.7 Å². The highest BCUT2D eigenvalue weighted by Gasteiger charge is 2.36. The fraction of sp³-hybridized carbons (Fsp3) is 0.647. The highest BCUT2D eigenvalue weighted by atomic mass is 16.5. The Labute approximate surface area is 131 Å². The average molecular weight is 304 g/mol. The highest BCUT2D eigenvalue weighted by molar-refractivity contribution is 5.78. The molecular formula is C17H24N2O3. The van der Waals surface area contributed by atoms with Gasteiger partial charge in [-0.05, 0) is 44.2 Å².